The molecule has 2 heterocycles. The van der Waals surface area contributed by atoms with Gasteiger partial charge in [-0.3, -0.25) is 20.5 Å². The highest BCUT2D eigenvalue weighted by Crippen LogP contribution is 2.30. The summed E-state index contributed by atoms with van der Waals surface area (Å²) in [5, 5.41) is 0. The molecule has 2 amide bonds. The number of carbonyl (C=O) groups is 2. The van der Waals surface area contributed by atoms with Gasteiger partial charge in [-0.25, -0.2) is 14.2 Å². The fraction of sp³-hybridized carbons (Fsp3) is 0.562. The summed E-state index contributed by atoms with van der Waals surface area (Å²) in [6.45, 7) is 7.48. The number of halogens is 1. The van der Waals surface area contributed by atoms with E-state index < -0.39 is 23.1 Å². The largest absolute Gasteiger partial charge is 0.444 e. The van der Waals surface area contributed by atoms with E-state index in [2.05, 4.69) is 15.8 Å². The lowest BCUT2D eigenvalue weighted by Crippen LogP contribution is -2.57. The average molecular weight is 342 g/mol. The van der Waals surface area contributed by atoms with Crippen molar-refractivity contribution in [2.45, 2.75) is 51.7 Å². The highest BCUT2D eigenvalue weighted by molar-refractivity contribution is 5.90. The highest BCUT2D eigenvalue weighted by atomic mass is 19.1. The molecule has 2 rings (SSSR count). The lowest BCUT2D eigenvalue weighted by atomic mass is 9.98. The Morgan fingerprint density at radius 1 is 1.42 bits per heavy atom. The van der Waals surface area contributed by atoms with Crippen LogP contribution in [0.15, 0.2) is 18.3 Å². The minimum Gasteiger partial charge on any atom is -0.444 e. The third-order valence-corrected chi connectivity index (χ3v) is 3.78. The van der Waals surface area contributed by atoms with Gasteiger partial charge in [-0.15, -0.1) is 0 Å². The van der Waals surface area contributed by atoms with Crippen molar-refractivity contribution in [2.75, 3.05) is 12.0 Å². The minimum atomic E-state index is -1.02. The summed E-state index contributed by atoms with van der Waals surface area (Å²) >= 11 is 0. The van der Waals surface area contributed by atoms with Crippen LogP contribution < -0.4 is 10.9 Å². The molecule has 1 saturated heterocycles. The van der Waals surface area contributed by atoms with Gasteiger partial charge in [-0.2, -0.15) is 0 Å². The van der Waals surface area contributed by atoms with E-state index in [1.807, 2.05) is 0 Å². The fourth-order valence-corrected chi connectivity index (χ4v) is 2.51. The summed E-state index contributed by atoms with van der Waals surface area (Å²) in [6.07, 6.45) is 1.76. The molecule has 0 spiro atoms. The Bertz CT molecular complexity index is 625. The Hall–Kier alpha value is -2.38. The molecule has 2 N–H and O–H groups in total. The Morgan fingerprint density at radius 2 is 2.12 bits per heavy atom. The molecule has 1 aliphatic rings. The minimum absolute atomic E-state index is 0. The number of aromatic nitrogens is 1. The molecule has 1 fully saturated rings. The zero-order valence-corrected chi connectivity index (χ0v) is 14.4. The molecule has 0 saturated carbocycles. The third-order valence-electron chi connectivity index (χ3n) is 3.78. The predicted octanol–water partition coefficient (Wildman–Crippen LogP) is 2.95. The number of nitrogens with one attached hydrogen (secondary N) is 2. The lowest BCUT2D eigenvalue weighted by molar-refractivity contribution is -0.130. The van der Waals surface area contributed by atoms with Crippen LogP contribution in [0.4, 0.5) is 15.0 Å². The van der Waals surface area contributed by atoms with Gasteiger partial charge in [0.1, 0.15) is 22.8 Å². The lowest BCUT2D eigenvalue weighted by Gasteiger charge is -2.35. The molecular weight excluding hydrogens is 315 g/mol. The van der Waals surface area contributed by atoms with Gasteiger partial charge in [0.15, 0.2) is 0 Å². The molecule has 1 atom stereocenters. The first-order valence-electron chi connectivity index (χ1n) is 7.80. The van der Waals surface area contributed by atoms with Crippen molar-refractivity contribution < 1.29 is 21.6 Å². The van der Waals surface area contributed by atoms with Crippen LogP contribution in [0.25, 0.3) is 0 Å². The molecule has 0 unspecified atom stereocenters. The van der Waals surface area contributed by atoms with Gasteiger partial charge in [-0.1, -0.05) is 0 Å². The Balaban J connectivity index is 0.00000312. The molecule has 7 nitrogen and oxygen atoms in total. The Morgan fingerprint density at radius 3 is 2.71 bits per heavy atom. The SMILES string of the molecule is CC(C)(C)OC(=O)N1CCC[C@@]1(C)C(=O)NNc1ccc(F)cn1.[HH].[HH]. The first-order chi connectivity index (χ1) is 11.1. The number of anilines is 1. The maximum Gasteiger partial charge on any atom is 0.411 e. The summed E-state index contributed by atoms with van der Waals surface area (Å²) in [6, 6.07) is 2.63. The summed E-state index contributed by atoms with van der Waals surface area (Å²) in [7, 11) is 0. The second kappa shape index (κ2) is 6.62. The second-order valence-corrected chi connectivity index (χ2v) is 6.95. The number of hydrogen-bond acceptors (Lipinski definition) is 5. The average Bonchev–Trinajstić information content (AvgIpc) is 2.88. The van der Waals surface area contributed by atoms with E-state index in [-0.39, 0.29) is 8.76 Å². The van der Waals surface area contributed by atoms with E-state index in [0.29, 0.717) is 25.2 Å². The van der Waals surface area contributed by atoms with Gasteiger partial charge in [0, 0.05) is 9.40 Å². The van der Waals surface area contributed by atoms with Gasteiger partial charge in [-0.05, 0) is 52.7 Å². The monoisotopic (exact) mass is 342 g/mol. The van der Waals surface area contributed by atoms with Crippen molar-refractivity contribution >= 4 is 17.8 Å². The molecule has 1 aromatic heterocycles. The molecule has 0 aliphatic carbocycles. The van der Waals surface area contributed by atoms with Crippen molar-refractivity contribution in [1.82, 2.24) is 15.3 Å². The van der Waals surface area contributed by atoms with E-state index in [1.165, 1.54) is 17.0 Å². The van der Waals surface area contributed by atoms with E-state index in [0.717, 1.165) is 6.20 Å². The number of amides is 2. The summed E-state index contributed by atoms with van der Waals surface area (Å²) in [5.41, 5.74) is 3.50. The van der Waals surface area contributed by atoms with Gasteiger partial charge < -0.3 is 4.74 Å². The van der Waals surface area contributed by atoms with Crippen LogP contribution in [-0.2, 0) is 9.53 Å². The van der Waals surface area contributed by atoms with Crippen LogP contribution in [0.5, 0.6) is 0 Å². The third kappa shape index (κ3) is 4.12. The summed E-state index contributed by atoms with van der Waals surface area (Å²) in [4.78, 5) is 30.1. The number of ether oxygens (including phenoxy) is 1. The zero-order chi connectivity index (χ0) is 18.0. The number of rotatable bonds is 3. The summed E-state index contributed by atoms with van der Waals surface area (Å²) < 4.78 is 18.2. The molecular formula is C16H27FN4O3. The fourth-order valence-electron chi connectivity index (χ4n) is 2.51. The molecule has 1 aromatic rings. The first-order valence-corrected chi connectivity index (χ1v) is 7.80. The predicted molar refractivity (Wildman–Crippen MR) is 90.8 cm³/mol. The highest BCUT2D eigenvalue weighted by Gasteiger charge is 2.47. The molecule has 0 radical (unpaired) electrons. The number of carbonyl (C=O) groups excluding carboxylic acids is 2. The van der Waals surface area contributed by atoms with Gasteiger partial charge in [0.25, 0.3) is 5.91 Å². The quantitative estimate of drug-likeness (QED) is 0.825. The number of likely N-dealkylation sites (tertiary alicyclic amines) is 1. The van der Waals surface area contributed by atoms with Crippen LogP contribution in [0, 0.1) is 5.82 Å². The van der Waals surface area contributed by atoms with Crippen LogP contribution in [0.1, 0.15) is 43.4 Å². The standard InChI is InChI=1S/C16H23FN4O3.2H2/c1-15(2,3)24-14(23)21-9-5-8-16(21,4)13(22)20-19-12-7-6-11(17)10-18-12;;/h6-7,10H,5,8-9H2,1-4H3,(H,18,19)(H,20,22);2*1H/t16-;;/m0../s1. The Labute approximate surface area is 143 Å². The van der Waals surface area contributed by atoms with Crippen molar-refractivity contribution in [2.24, 2.45) is 0 Å². The van der Waals surface area contributed by atoms with Gasteiger partial charge in [0.05, 0.1) is 6.20 Å². The van der Waals surface area contributed by atoms with Crippen molar-refractivity contribution in [3.63, 3.8) is 0 Å². The smallest absolute Gasteiger partial charge is 0.411 e. The second-order valence-electron chi connectivity index (χ2n) is 6.95. The van der Waals surface area contributed by atoms with Crippen molar-refractivity contribution in [3.05, 3.63) is 24.1 Å². The van der Waals surface area contributed by atoms with E-state index in [4.69, 9.17) is 4.74 Å². The van der Waals surface area contributed by atoms with Crippen LogP contribution in [0.3, 0.4) is 0 Å². The maximum absolute atomic E-state index is 12.8. The van der Waals surface area contributed by atoms with Crippen LogP contribution in [-0.4, -0.2) is 39.6 Å². The Kier molecular flexibility index (Phi) is 4.96. The van der Waals surface area contributed by atoms with E-state index in [1.54, 1.807) is 27.7 Å². The van der Waals surface area contributed by atoms with Gasteiger partial charge in [0.2, 0.25) is 0 Å². The normalized spacial score (nSPS) is 20.6. The molecule has 0 aromatic carbocycles. The number of hydrazine groups is 1. The van der Waals surface area contributed by atoms with Crippen molar-refractivity contribution in [3.8, 4) is 0 Å². The van der Waals surface area contributed by atoms with Crippen molar-refractivity contribution in [1.29, 1.82) is 0 Å². The molecule has 0 bridgehead atoms. The van der Waals surface area contributed by atoms with Gasteiger partial charge >= 0.3 is 6.09 Å². The van der Waals surface area contributed by atoms with E-state index in [9.17, 15) is 14.0 Å². The molecule has 8 heteroatoms. The maximum atomic E-state index is 12.8. The molecule has 136 valence electrons. The number of hydrogen-bond donors (Lipinski definition) is 2. The van der Waals surface area contributed by atoms with Crippen LogP contribution in [0.2, 0.25) is 0 Å². The zero-order valence-electron chi connectivity index (χ0n) is 14.4. The first kappa shape index (κ1) is 18.0. The summed E-state index contributed by atoms with van der Waals surface area (Å²) in [5.74, 6) is -0.544. The topological polar surface area (TPSA) is 83.6 Å². The van der Waals surface area contributed by atoms with Crippen LogP contribution >= 0.6 is 0 Å². The molecule has 1 aliphatic heterocycles. The number of pyridine rings is 1. The van der Waals surface area contributed by atoms with E-state index >= 15 is 0 Å². The molecule has 24 heavy (non-hydrogen) atoms. The number of nitrogens with zero attached hydrogens (tertiary/aromatic N) is 2.